The van der Waals surface area contributed by atoms with Crippen LogP contribution in [-0.2, 0) is 21.2 Å². The Kier molecular flexibility index (Phi) is 2.16. The summed E-state index contributed by atoms with van der Waals surface area (Å²) < 4.78 is 15.4. The van der Waals surface area contributed by atoms with Gasteiger partial charge in [0.15, 0.2) is 5.72 Å². The minimum Gasteiger partial charge on any atom is -0.299 e. The Balaban J connectivity index is 2.42. The van der Waals surface area contributed by atoms with Gasteiger partial charge in [0.1, 0.15) is 0 Å². The number of nitrogens with two attached hydrogens (primary N) is 1. The summed E-state index contributed by atoms with van der Waals surface area (Å²) in [5.41, 5.74) is 7.25. The van der Waals surface area contributed by atoms with Crippen molar-refractivity contribution in [3.05, 3.63) is 35.4 Å². The molecule has 0 radical (unpaired) electrons. The van der Waals surface area contributed by atoms with Gasteiger partial charge in [-0.2, -0.15) is 0 Å². The molecule has 1 aliphatic rings. The van der Waals surface area contributed by atoms with Crippen LogP contribution in [0.5, 0.6) is 0 Å². The zero-order valence-corrected chi connectivity index (χ0v) is 7.96. The molecule has 0 heterocycles. The lowest BCUT2D eigenvalue weighted by atomic mass is 10.1. The molecule has 0 aromatic heterocycles. The second-order valence-corrected chi connectivity index (χ2v) is 3.54. The summed E-state index contributed by atoms with van der Waals surface area (Å²) in [5, 5.41) is 0. The molecule has 0 aliphatic heterocycles. The average Bonchev–Trinajstić information content (AvgIpc) is 2.46. The first-order valence-corrected chi connectivity index (χ1v) is 4.87. The van der Waals surface area contributed by atoms with Crippen molar-refractivity contribution in [2.75, 3.05) is 0 Å². The van der Waals surface area contributed by atoms with Crippen molar-refractivity contribution in [1.29, 1.82) is 0 Å². The summed E-state index contributed by atoms with van der Waals surface area (Å²) in [5.74, 6) is 0. The minimum absolute atomic E-state index is 0.357. The number of benzene rings is 1. The van der Waals surface area contributed by atoms with E-state index in [0.29, 0.717) is 6.42 Å². The van der Waals surface area contributed by atoms with E-state index in [1.165, 1.54) is 5.56 Å². The average molecular weight is 195 g/mol. The van der Waals surface area contributed by atoms with Crippen LogP contribution in [0, 0.1) is 0 Å². The second kappa shape index (κ2) is 3.18. The zero-order chi connectivity index (χ0) is 9.31. The molecule has 3 nitrogen and oxygen atoms in total. The third-order valence-corrected chi connectivity index (χ3v) is 2.84. The van der Waals surface area contributed by atoms with Crippen LogP contribution < -0.4 is 5.73 Å². The van der Waals surface area contributed by atoms with E-state index in [2.05, 4.69) is 0 Å². The van der Waals surface area contributed by atoms with Crippen LogP contribution in [0.2, 0.25) is 0 Å². The van der Waals surface area contributed by atoms with Gasteiger partial charge in [0.05, 0.1) is 0 Å². The molecule has 68 valence electrons. The van der Waals surface area contributed by atoms with Gasteiger partial charge >= 0.3 is 8.69 Å². The van der Waals surface area contributed by atoms with Crippen molar-refractivity contribution in [3.63, 3.8) is 0 Å². The topological polar surface area (TPSA) is 52.3 Å². The molecule has 0 saturated heterocycles. The summed E-state index contributed by atoms with van der Waals surface area (Å²) in [7, 11) is -0.357. The fraction of sp³-hybridized carbons (Fsp3) is 0.333. The van der Waals surface area contributed by atoms with Gasteiger partial charge in [-0.1, -0.05) is 24.3 Å². The molecule has 1 aromatic rings. The molecule has 1 unspecified atom stereocenters. The number of hydrogen-bond acceptors (Lipinski definition) is 3. The number of fused-ring (bicyclic) bond motifs is 1. The largest absolute Gasteiger partial charge is 0.329 e. The van der Waals surface area contributed by atoms with Crippen molar-refractivity contribution in [1.82, 2.24) is 0 Å². The van der Waals surface area contributed by atoms with E-state index >= 15 is 0 Å². The molecule has 13 heavy (non-hydrogen) atoms. The first-order valence-electron chi connectivity index (χ1n) is 4.14. The second-order valence-electron chi connectivity index (χ2n) is 3.21. The third-order valence-electron chi connectivity index (χ3n) is 2.44. The molecule has 1 atom stereocenters. The molecule has 1 aromatic carbocycles. The highest BCUT2D eigenvalue weighted by atomic mass is 31.1. The predicted molar refractivity (Wildman–Crippen MR) is 49.3 cm³/mol. The predicted octanol–water partition coefficient (Wildman–Crippen LogP) is 1.97. The van der Waals surface area contributed by atoms with E-state index in [9.17, 15) is 4.57 Å². The maximum absolute atomic E-state index is 10.4. The Hall–Kier alpha value is -0.760. The van der Waals surface area contributed by atoms with Gasteiger partial charge < -0.3 is 0 Å². The van der Waals surface area contributed by atoms with Crippen LogP contribution in [0.25, 0.3) is 0 Å². The van der Waals surface area contributed by atoms with E-state index in [4.69, 9.17) is 10.3 Å². The molecule has 1 aliphatic carbocycles. The van der Waals surface area contributed by atoms with Gasteiger partial charge in [0, 0.05) is 5.56 Å². The molecule has 0 amide bonds. The lowest BCUT2D eigenvalue weighted by Gasteiger charge is -2.20. The summed E-state index contributed by atoms with van der Waals surface area (Å²) in [6.07, 6.45) is 1.59. The van der Waals surface area contributed by atoms with E-state index in [1.807, 2.05) is 24.3 Å². The molecule has 0 saturated carbocycles. The third kappa shape index (κ3) is 1.39. The van der Waals surface area contributed by atoms with Crippen molar-refractivity contribution >= 4 is 8.69 Å². The maximum atomic E-state index is 10.4. The van der Waals surface area contributed by atoms with Crippen LogP contribution in [-0.4, -0.2) is 0 Å². The molecule has 2 N–H and O–H groups in total. The lowest BCUT2D eigenvalue weighted by molar-refractivity contribution is 0.0925. The van der Waals surface area contributed by atoms with E-state index < -0.39 is 5.72 Å². The zero-order valence-electron chi connectivity index (χ0n) is 7.06. The first-order chi connectivity index (χ1) is 6.26. The Morgan fingerprint density at radius 3 is 3.00 bits per heavy atom. The maximum Gasteiger partial charge on any atom is 0.329 e. The van der Waals surface area contributed by atoms with Crippen molar-refractivity contribution in [3.8, 4) is 0 Å². The monoisotopic (exact) mass is 195 g/mol. The SMILES string of the molecule is NC1(OP=O)CCc2ccccc21. The van der Waals surface area contributed by atoms with Crippen LogP contribution in [0.1, 0.15) is 17.5 Å². The van der Waals surface area contributed by atoms with Gasteiger partial charge in [0.25, 0.3) is 0 Å². The van der Waals surface area contributed by atoms with Crippen molar-refractivity contribution in [2.24, 2.45) is 5.73 Å². The highest BCUT2D eigenvalue weighted by Gasteiger charge is 2.36. The van der Waals surface area contributed by atoms with Crippen LogP contribution in [0.4, 0.5) is 0 Å². The van der Waals surface area contributed by atoms with Gasteiger partial charge in [-0.15, -0.1) is 0 Å². The van der Waals surface area contributed by atoms with Gasteiger partial charge in [-0.3, -0.25) is 10.3 Å². The van der Waals surface area contributed by atoms with Crippen LogP contribution in [0.3, 0.4) is 0 Å². The molecular weight excluding hydrogens is 185 g/mol. The van der Waals surface area contributed by atoms with Crippen molar-refractivity contribution in [2.45, 2.75) is 18.6 Å². The fourth-order valence-corrected chi connectivity index (χ4v) is 2.09. The number of rotatable bonds is 2. The quantitative estimate of drug-likeness (QED) is 0.579. The Labute approximate surface area is 78.2 Å². The molecule has 0 spiro atoms. The van der Waals surface area contributed by atoms with E-state index in [1.54, 1.807) is 0 Å². The van der Waals surface area contributed by atoms with Gasteiger partial charge in [-0.25, -0.2) is 4.57 Å². The number of hydrogen-bond donors (Lipinski definition) is 1. The van der Waals surface area contributed by atoms with Gasteiger partial charge in [-0.05, 0) is 18.4 Å². The molecular formula is C9H10NO2P. The van der Waals surface area contributed by atoms with Crippen LogP contribution >= 0.6 is 8.69 Å². The Morgan fingerprint density at radius 2 is 2.23 bits per heavy atom. The summed E-state index contributed by atoms with van der Waals surface area (Å²) in [4.78, 5) is 0. The molecule has 0 fully saturated rings. The minimum atomic E-state index is -0.847. The van der Waals surface area contributed by atoms with Crippen molar-refractivity contribution < 1.29 is 9.09 Å². The summed E-state index contributed by atoms with van der Waals surface area (Å²) in [6.45, 7) is 0. The number of aryl methyl sites for hydroxylation is 1. The normalized spacial score (nSPS) is 26.2. The Bertz CT molecular complexity index is 342. The highest BCUT2D eigenvalue weighted by molar-refractivity contribution is 7.17. The van der Waals surface area contributed by atoms with E-state index in [0.717, 1.165) is 12.0 Å². The summed E-state index contributed by atoms with van der Waals surface area (Å²) >= 11 is 0. The van der Waals surface area contributed by atoms with Crippen LogP contribution in [0.15, 0.2) is 24.3 Å². The summed E-state index contributed by atoms with van der Waals surface area (Å²) in [6, 6.07) is 7.83. The molecule has 4 heteroatoms. The Morgan fingerprint density at radius 1 is 1.46 bits per heavy atom. The van der Waals surface area contributed by atoms with E-state index in [-0.39, 0.29) is 8.69 Å². The molecule has 2 rings (SSSR count). The standard InChI is InChI=1S/C9H10NO2P/c10-9(12-13-11)6-5-7-3-1-2-4-8(7)9/h1-4H,5-6,10H2. The molecule has 0 bridgehead atoms. The van der Waals surface area contributed by atoms with Gasteiger partial charge in [0.2, 0.25) is 0 Å². The first kappa shape index (κ1) is 8.82. The lowest BCUT2D eigenvalue weighted by Crippen LogP contribution is -2.34. The fourth-order valence-electron chi connectivity index (χ4n) is 1.77. The highest BCUT2D eigenvalue weighted by Crippen LogP contribution is 2.37. The smallest absolute Gasteiger partial charge is 0.299 e.